The lowest BCUT2D eigenvalue weighted by molar-refractivity contribution is 0.0602. The summed E-state index contributed by atoms with van der Waals surface area (Å²) in [6.45, 7) is 7.66. The number of halogens is 1. The Bertz CT molecular complexity index is 1080. The van der Waals surface area contributed by atoms with Crippen LogP contribution in [0, 0.1) is 11.2 Å². The van der Waals surface area contributed by atoms with Gasteiger partial charge in [-0.3, -0.25) is 0 Å². The Morgan fingerprint density at radius 2 is 2.11 bits per heavy atom. The first-order valence-electron chi connectivity index (χ1n) is 9.31. The Morgan fingerprint density at radius 1 is 1.36 bits per heavy atom. The van der Waals surface area contributed by atoms with E-state index in [1.165, 1.54) is 29.7 Å². The molecule has 148 valence electrons. The van der Waals surface area contributed by atoms with Crippen molar-refractivity contribution in [2.75, 3.05) is 13.7 Å². The van der Waals surface area contributed by atoms with Crippen molar-refractivity contribution in [1.29, 1.82) is 0 Å². The number of carbonyl (C=O) groups excluding carboxylic acids is 1. The molecule has 5 nitrogen and oxygen atoms in total. The molecule has 1 unspecified atom stereocenters. The van der Waals surface area contributed by atoms with Crippen molar-refractivity contribution in [3.05, 3.63) is 40.0 Å². The van der Waals surface area contributed by atoms with Crippen molar-refractivity contribution in [2.24, 2.45) is 12.5 Å². The zero-order valence-electron chi connectivity index (χ0n) is 16.7. The van der Waals surface area contributed by atoms with Gasteiger partial charge in [0.2, 0.25) is 0 Å². The van der Waals surface area contributed by atoms with Gasteiger partial charge < -0.3 is 14.6 Å². The highest BCUT2D eigenvalue weighted by Crippen LogP contribution is 2.44. The monoisotopic (exact) mass is 401 g/mol. The van der Waals surface area contributed by atoms with Crippen LogP contribution in [0.3, 0.4) is 0 Å². The number of imidazole rings is 1. The van der Waals surface area contributed by atoms with Gasteiger partial charge in [-0.1, -0.05) is 20.8 Å². The quantitative estimate of drug-likeness (QED) is 0.644. The van der Waals surface area contributed by atoms with E-state index in [1.807, 2.05) is 11.6 Å². The number of nitrogens with one attached hydrogen (secondary N) is 1. The number of esters is 1. The van der Waals surface area contributed by atoms with E-state index in [-0.39, 0.29) is 17.0 Å². The van der Waals surface area contributed by atoms with Crippen molar-refractivity contribution < 1.29 is 13.9 Å². The van der Waals surface area contributed by atoms with Gasteiger partial charge in [-0.15, -0.1) is 11.3 Å². The molecule has 0 fully saturated rings. The highest BCUT2D eigenvalue weighted by molar-refractivity contribution is 7.15. The summed E-state index contributed by atoms with van der Waals surface area (Å²) in [5.41, 5.74) is 2.63. The summed E-state index contributed by atoms with van der Waals surface area (Å²) in [7, 11) is 3.14. The molecular formula is C21H24FN3O2S. The van der Waals surface area contributed by atoms with Gasteiger partial charge in [-0.25, -0.2) is 14.2 Å². The maximum Gasteiger partial charge on any atom is 0.340 e. The van der Waals surface area contributed by atoms with Crippen LogP contribution >= 0.6 is 11.3 Å². The normalized spacial score (nSPS) is 17.0. The van der Waals surface area contributed by atoms with E-state index in [2.05, 4.69) is 32.2 Å². The van der Waals surface area contributed by atoms with Crippen LogP contribution in [0.25, 0.3) is 21.7 Å². The van der Waals surface area contributed by atoms with Gasteiger partial charge in [-0.05, 0) is 42.1 Å². The lowest BCUT2D eigenvalue weighted by atomic mass is 9.82. The standard InChI is InChI=1S/C21H24FN3O2S/c1-21(2,3)18-17-11(6-7-23-18)8-15(28-17)19-24-16-13(20(26)27-5)9-12(22)10-14(16)25(19)4/h8-10,18,23H,6-7H2,1-5H3. The number of hydrogen-bond acceptors (Lipinski definition) is 5. The average Bonchev–Trinajstić information content (AvgIpc) is 3.20. The molecular weight excluding hydrogens is 377 g/mol. The highest BCUT2D eigenvalue weighted by atomic mass is 32.1. The minimum Gasteiger partial charge on any atom is -0.465 e. The van der Waals surface area contributed by atoms with E-state index in [9.17, 15) is 9.18 Å². The molecule has 1 aliphatic heterocycles. The van der Waals surface area contributed by atoms with Crippen LogP contribution in [0.4, 0.5) is 4.39 Å². The number of aryl methyl sites for hydroxylation is 1. The van der Waals surface area contributed by atoms with E-state index < -0.39 is 11.8 Å². The number of fused-ring (bicyclic) bond motifs is 2. The molecule has 3 heterocycles. The molecule has 3 aromatic rings. The van der Waals surface area contributed by atoms with E-state index in [0.717, 1.165) is 23.7 Å². The van der Waals surface area contributed by atoms with Crippen LogP contribution in [-0.2, 0) is 18.2 Å². The van der Waals surface area contributed by atoms with Gasteiger partial charge in [-0.2, -0.15) is 0 Å². The summed E-state index contributed by atoms with van der Waals surface area (Å²) >= 11 is 1.72. The minimum atomic E-state index is -0.586. The average molecular weight is 402 g/mol. The summed E-state index contributed by atoms with van der Waals surface area (Å²) in [4.78, 5) is 19.2. The number of carbonyl (C=O) groups is 1. The minimum absolute atomic E-state index is 0.102. The zero-order chi connectivity index (χ0) is 20.2. The lowest BCUT2D eigenvalue weighted by Crippen LogP contribution is -2.36. The fourth-order valence-corrected chi connectivity index (χ4v) is 5.43. The van der Waals surface area contributed by atoms with Gasteiger partial charge in [0, 0.05) is 18.0 Å². The van der Waals surface area contributed by atoms with Crippen molar-refractivity contribution in [1.82, 2.24) is 14.9 Å². The van der Waals surface area contributed by atoms with Gasteiger partial charge in [0.25, 0.3) is 0 Å². The van der Waals surface area contributed by atoms with Crippen LogP contribution in [-0.4, -0.2) is 29.2 Å². The van der Waals surface area contributed by atoms with Crippen LogP contribution in [0.2, 0.25) is 0 Å². The fraction of sp³-hybridized carbons (Fsp3) is 0.429. The summed E-state index contributed by atoms with van der Waals surface area (Å²) < 4.78 is 20.8. The number of rotatable bonds is 2. The molecule has 0 radical (unpaired) electrons. The lowest BCUT2D eigenvalue weighted by Gasteiger charge is -2.34. The maximum absolute atomic E-state index is 14.1. The third-order valence-electron chi connectivity index (χ3n) is 5.29. The molecule has 0 bridgehead atoms. The van der Waals surface area contributed by atoms with Crippen molar-refractivity contribution in [3.8, 4) is 10.7 Å². The first-order chi connectivity index (χ1) is 13.2. The van der Waals surface area contributed by atoms with Crippen molar-refractivity contribution >= 4 is 28.3 Å². The Balaban J connectivity index is 1.88. The van der Waals surface area contributed by atoms with Crippen molar-refractivity contribution in [3.63, 3.8) is 0 Å². The summed E-state index contributed by atoms with van der Waals surface area (Å²) in [6, 6.07) is 5.07. The molecule has 0 amide bonds. The van der Waals surface area contributed by atoms with Crippen LogP contribution in [0.15, 0.2) is 18.2 Å². The third kappa shape index (κ3) is 3.02. The van der Waals surface area contributed by atoms with Gasteiger partial charge >= 0.3 is 5.97 Å². The SMILES string of the molecule is COC(=O)c1cc(F)cc2c1nc(-c1cc3c(s1)C(C(C)(C)C)NCC3)n2C. The Morgan fingerprint density at radius 3 is 2.79 bits per heavy atom. The van der Waals surface area contributed by atoms with E-state index in [0.29, 0.717) is 11.0 Å². The molecule has 1 N–H and O–H groups in total. The maximum atomic E-state index is 14.1. The van der Waals surface area contributed by atoms with E-state index in [4.69, 9.17) is 9.72 Å². The Labute approximate surface area is 167 Å². The number of hydrogen-bond donors (Lipinski definition) is 1. The number of ether oxygens (including phenoxy) is 1. The number of thiophene rings is 1. The first kappa shape index (κ1) is 19.1. The molecule has 28 heavy (non-hydrogen) atoms. The van der Waals surface area contributed by atoms with Crippen LogP contribution < -0.4 is 5.32 Å². The largest absolute Gasteiger partial charge is 0.465 e. The molecule has 0 saturated carbocycles. The molecule has 2 aromatic heterocycles. The molecule has 7 heteroatoms. The second-order valence-electron chi connectivity index (χ2n) is 8.31. The van der Waals surface area contributed by atoms with Crippen LogP contribution in [0.5, 0.6) is 0 Å². The summed E-state index contributed by atoms with van der Waals surface area (Å²) in [5.74, 6) is -0.334. The van der Waals surface area contributed by atoms with Crippen molar-refractivity contribution in [2.45, 2.75) is 33.2 Å². The smallest absolute Gasteiger partial charge is 0.340 e. The second-order valence-corrected chi connectivity index (χ2v) is 9.39. The number of nitrogens with zero attached hydrogens (tertiary/aromatic N) is 2. The molecule has 4 rings (SSSR count). The number of benzene rings is 1. The molecule has 1 aromatic carbocycles. The zero-order valence-corrected chi connectivity index (χ0v) is 17.5. The Kier molecular flexibility index (Phi) is 4.55. The summed E-state index contributed by atoms with van der Waals surface area (Å²) in [5, 5.41) is 3.63. The predicted octanol–water partition coefficient (Wildman–Crippen LogP) is 4.46. The van der Waals surface area contributed by atoms with Gasteiger partial charge in [0.15, 0.2) is 5.82 Å². The predicted molar refractivity (Wildman–Crippen MR) is 109 cm³/mol. The first-order valence-corrected chi connectivity index (χ1v) is 10.1. The molecule has 0 saturated heterocycles. The van der Waals surface area contributed by atoms with E-state index >= 15 is 0 Å². The Hall–Kier alpha value is -2.25. The molecule has 0 spiro atoms. The van der Waals surface area contributed by atoms with Crippen LogP contribution in [0.1, 0.15) is 47.6 Å². The summed E-state index contributed by atoms with van der Waals surface area (Å²) in [6.07, 6.45) is 0.977. The van der Waals surface area contributed by atoms with Gasteiger partial charge in [0.1, 0.15) is 11.3 Å². The topological polar surface area (TPSA) is 56.1 Å². The molecule has 1 aliphatic rings. The third-order valence-corrected chi connectivity index (χ3v) is 6.53. The fourth-order valence-electron chi connectivity index (χ4n) is 3.88. The number of methoxy groups -OCH3 is 1. The van der Waals surface area contributed by atoms with Gasteiger partial charge in [0.05, 0.1) is 23.1 Å². The highest BCUT2D eigenvalue weighted by Gasteiger charge is 2.33. The number of aromatic nitrogens is 2. The molecule has 1 atom stereocenters. The second kappa shape index (κ2) is 6.67. The van der Waals surface area contributed by atoms with E-state index in [1.54, 1.807) is 11.3 Å². The molecule has 0 aliphatic carbocycles.